The first-order valence-electron chi connectivity index (χ1n) is 9.83. The van der Waals surface area contributed by atoms with Crippen LogP contribution in [0.3, 0.4) is 0 Å². The van der Waals surface area contributed by atoms with Gasteiger partial charge in [0, 0.05) is 9.13 Å². The van der Waals surface area contributed by atoms with Gasteiger partial charge < -0.3 is 34.6 Å². The van der Waals surface area contributed by atoms with Gasteiger partial charge in [0.2, 0.25) is 12.6 Å². The number of nitrogens with one attached hydrogen (secondary N) is 1. The highest BCUT2D eigenvalue weighted by atomic mass is 31.1. The predicted octanol–water partition coefficient (Wildman–Crippen LogP) is -3.46. The van der Waals surface area contributed by atoms with Gasteiger partial charge in [0.15, 0.2) is 28.1 Å². The molecule has 0 amide bonds. The topological polar surface area (TPSA) is 261 Å². The lowest BCUT2D eigenvalue weighted by atomic mass is 10.0. The van der Waals surface area contributed by atoms with E-state index in [4.69, 9.17) is 28.7 Å². The van der Waals surface area contributed by atoms with Gasteiger partial charge in [0.1, 0.15) is 30.7 Å². The van der Waals surface area contributed by atoms with Crippen LogP contribution >= 0.6 is 16.5 Å². The lowest BCUT2D eigenvalue weighted by Gasteiger charge is -2.32. The third-order valence-corrected chi connectivity index (χ3v) is 6.85. The van der Waals surface area contributed by atoms with E-state index in [1.807, 2.05) is 0 Å². The maximum Gasteiger partial charge on any atom is 0.697 e. The summed E-state index contributed by atoms with van der Waals surface area (Å²) in [6, 6.07) is 0. The standard InChI is InChI=1S/C15H17N5O13P2/c16-10-5-11-18-4-19(10)14(23)1-29-6(8(14)21)12(32-34(25)26)31-13(33-35(27)28)7-9(22)15(24,2-30-7)20(11)3-17-5/h3-4,6-9,12-13,16,21-24H,1-2H2/p+2/t6-,7-,8+,9+,12?,13?,14-,15-/m0/s1. The average Bonchev–Trinajstić information content (AvgIpc) is 3.43. The van der Waals surface area contributed by atoms with Gasteiger partial charge in [-0.15, -0.1) is 9.79 Å². The molecule has 4 aliphatic heterocycles. The molecule has 0 spiro atoms. The first-order chi connectivity index (χ1) is 16.5. The number of nitrogens with zero attached hydrogens (tertiary/aromatic N) is 4. The second-order valence-electron chi connectivity index (χ2n) is 8.01. The molecule has 7 N–H and O–H groups in total. The van der Waals surface area contributed by atoms with Gasteiger partial charge in [-0.2, -0.15) is 0 Å². The molecule has 18 nitrogen and oxygen atoms in total. The molecule has 2 fully saturated rings. The van der Waals surface area contributed by atoms with E-state index in [-0.39, 0.29) is 11.2 Å². The Morgan fingerprint density at radius 1 is 0.943 bits per heavy atom. The van der Waals surface area contributed by atoms with Crippen LogP contribution in [-0.2, 0) is 43.8 Å². The zero-order chi connectivity index (χ0) is 25.3. The van der Waals surface area contributed by atoms with E-state index in [2.05, 4.69) is 9.97 Å². The molecule has 4 aliphatic rings. The van der Waals surface area contributed by atoms with Gasteiger partial charge in [-0.1, -0.05) is 9.05 Å². The van der Waals surface area contributed by atoms with Crippen molar-refractivity contribution in [3.8, 4) is 0 Å². The van der Waals surface area contributed by atoms with Crippen LogP contribution in [0.2, 0.25) is 0 Å². The number of ether oxygens (including phenoxy) is 3. The fourth-order valence-corrected chi connectivity index (χ4v) is 5.02. The molecular weight excluding hydrogens is 520 g/mol. The van der Waals surface area contributed by atoms with E-state index < -0.39 is 83.7 Å². The first kappa shape index (κ1) is 24.8. The number of aliphatic hydroxyl groups excluding tert-OH is 2. The van der Waals surface area contributed by atoms with E-state index in [1.54, 1.807) is 0 Å². The van der Waals surface area contributed by atoms with E-state index in [1.165, 1.54) is 0 Å². The third kappa shape index (κ3) is 3.75. The van der Waals surface area contributed by atoms with Crippen molar-refractivity contribution in [2.45, 2.75) is 48.4 Å². The van der Waals surface area contributed by atoms with Crippen LogP contribution in [0.1, 0.15) is 0 Å². The fourth-order valence-electron chi connectivity index (χ4n) is 4.32. The Kier molecular flexibility index (Phi) is 6.09. The molecule has 6 rings (SSSR count). The Hall–Kier alpha value is -1.89. The zero-order valence-corrected chi connectivity index (χ0v) is 19.0. The van der Waals surface area contributed by atoms with Crippen LogP contribution in [0.15, 0.2) is 12.7 Å². The third-order valence-electron chi connectivity index (χ3n) is 6.08. The highest BCUT2D eigenvalue weighted by Crippen LogP contribution is 2.40. The fraction of sp³-hybridized carbons (Fsp3) is 0.667. The molecule has 8 bridgehead atoms. The molecule has 2 aromatic rings. The molecular formula is C15H19N5O13P2+2. The molecule has 0 saturated carbocycles. The molecule has 6 heterocycles. The van der Waals surface area contributed by atoms with Crippen molar-refractivity contribution in [3.63, 3.8) is 0 Å². The monoisotopic (exact) mass is 539 g/mol. The smallest absolute Gasteiger partial charge is 0.385 e. The van der Waals surface area contributed by atoms with Gasteiger partial charge in [0.25, 0.3) is 0 Å². The summed E-state index contributed by atoms with van der Waals surface area (Å²) in [6.07, 6.45) is -9.37. The highest BCUT2D eigenvalue weighted by molar-refractivity contribution is 7.32. The van der Waals surface area contributed by atoms with Crippen molar-refractivity contribution in [1.29, 1.82) is 5.41 Å². The molecule has 2 aromatic heterocycles. The predicted molar refractivity (Wildman–Crippen MR) is 104 cm³/mol. The average molecular weight is 539 g/mol. The maximum absolute atomic E-state index is 11.5. The molecule has 20 heteroatoms. The van der Waals surface area contributed by atoms with E-state index in [0.29, 0.717) is 0 Å². The van der Waals surface area contributed by atoms with Crippen LogP contribution in [-0.4, -0.2) is 99.5 Å². The number of rotatable bonds is 4. The van der Waals surface area contributed by atoms with Crippen molar-refractivity contribution in [1.82, 2.24) is 19.1 Å². The number of hydrogen-bond donors (Lipinski definition) is 7. The number of aromatic nitrogens is 4. The summed E-state index contributed by atoms with van der Waals surface area (Å²) in [5, 5.41) is 52.8. The second kappa shape index (κ2) is 8.60. The van der Waals surface area contributed by atoms with Crippen LogP contribution in [0.5, 0.6) is 0 Å². The highest BCUT2D eigenvalue weighted by Gasteiger charge is 2.60. The van der Waals surface area contributed by atoms with Crippen molar-refractivity contribution in [2.24, 2.45) is 0 Å². The zero-order valence-electron chi connectivity index (χ0n) is 17.3. The normalized spacial score (nSPS) is 39.8. The quantitative estimate of drug-likeness (QED) is 0.186. The molecule has 4 unspecified atom stereocenters. The van der Waals surface area contributed by atoms with Gasteiger partial charge in [-0.05, 0) is 0 Å². The lowest BCUT2D eigenvalue weighted by molar-refractivity contribution is -0.266. The van der Waals surface area contributed by atoms with Crippen LogP contribution < -0.4 is 5.49 Å². The van der Waals surface area contributed by atoms with Crippen molar-refractivity contribution in [2.75, 3.05) is 13.2 Å². The Bertz CT molecular complexity index is 1260. The number of fused-ring (bicyclic) bond motifs is 3. The molecule has 190 valence electrons. The van der Waals surface area contributed by atoms with Crippen molar-refractivity contribution >= 4 is 27.7 Å². The van der Waals surface area contributed by atoms with Gasteiger partial charge in [0.05, 0.1) is 19.5 Å². The number of imidazole rings is 1. The summed E-state index contributed by atoms with van der Waals surface area (Å²) in [4.78, 5) is 26.8. The largest absolute Gasteiger partial charge is 0.697 e. The van der Waals surface area contributed by atoms with Crippen molar-refractivity contribution < 1.29 is 62.6 Å². The number of hydrogen-bond acceptors (Lipinski definition) is 14. The number of aliphatic hydroxyl groups is 4. The Morgan fingerprint density at radius 3 is 1.94 bits per heavy atom. The Morgan fingerprint density at radius 2 is 1.43 bits per heavy atom. The van der Waals surface area contributed by atoms with Gasteiger partial charge in [-0.3, -0.25) is 14.5 Å². The van der Waals surface area contributed by atoms with Crippen LogP contribution in [0.4, 0.5) is 0 Å². The molecule has 35 heavy (non-hydrogen) atoms. The molecule has 2 saturated heterocycles. The van der Waals surface area contributed by atoms with Gasteiger partial charge >= 0.3 is 16.5 Å². The minimum Gasteiger partial charge on any atom is -0.385 e. The summed E-state index contributed by atoms with van der Waals surface area (Å²) >= 11 is 0. The Labute approximate surface area is 195 Å². The minimum atomic E-state index is -3.43. The van der Waals surface area contributed by atoms with Crippen LogP contribution in [0.25, 0.3) is 11.2 Å². The summed E-state index contributed by atoms with van der Waals surface area (Å²) < 4.78 is 50.5. The second-order valence-corrected chi connectivity index (χ2v) is 9.38. The Balaban J connectivity index is 1.72. The maximum atomic E-state index is 11.5. The molecule has 0 aromatic carbocycles. The summed E-state index contributed by atoms with van der Waals surface area (Å²) in [5.74, 6) is 0. The minimum absolute atomic E-state index is 0.104. The molecule has 0 radical (unpaired) electrons. The lowest BCUT2D eigenvalue weighted by Crippen LogP contribution is -2.55. The first-order valence-corrected chi connectivity index (χ1v) is 12.1. The van der Waals surface area contributed by atoms with E-state index >= 15 is 0 Å². The molecule has 0 aliphatic carbocycles. The SMILES string of the molecule is N=c1c2ncn3c2ncn1[C@]1(O)CO[C@H](C(O[P+](=O)O)OC(O[P+](=O)O)[C@H]2OC[C@]3(O)[C@@H]2O)[C@H]1O. The summed E-state index contributed by atoms with van der Waals surface area (Å²) in [6.45, 7) is -1.31. The summed E-state index contributed by atoms with van der Waals surface area (Å²) in [7, 11) is -6.84. The molecule has 10 atom stereocenters. The van der Waals surface area contributed by atoms with Crippen molar-refractivity contribution in [3.05, 3.63) is 18.1 Å². The van der Waals surface area contributed by atoms with Crippen LogP contribution in [0, 0.1) is 5.41 Å². The van der Waals surface area contributed by atoms with E-state index in [9.17, 15) is 39.3 Å². The summed E-state index contributed by atoms with van der Waals surface area (Å²) in [5.41, 5.74) is -5.37. The van der Waals surface area contributed by atoms with E-state index in [0.717, 1.165) is 21.8 Å². The van der Waals surface area contributed by atoms with Gasteiger partial charge in [-0.25, -0.2) is 9.97 Å².